The van der Waals surface area contributed by atoms with E-state index in [1.807, 2.05) is 26.0 Å². The van der Waals surface area contributed by atoms with E-state index in [4.69, 9.17) is 5.73 Å². The maximum atomic E-state index is 12.0. The number of nitrogens with one attached hydrogen (secondary N) is 2. The Morgan fingerprint density at radius 1 is 1.38 bits per heavy atom. The normalized spacial score (nSPS) is 14.8. The zero-order valence-electron chi connectivity index (χ0n) is 12.3. The summed E-state index contributed by atoms with van der Waals surface area (Å²) >= 11 is 0. The van der Waals surface area contributed by atoms with Crippen LogP contribution < -0.4 is 16.4 Å². The number of rotatable bonds is 4. The van der Waals surface area contributed by atoms with Gasteiger partial charge < -0.3 is 16.4 Å². The van der Waals surface area contributed by atoms with Crippen molar-refractivity contribution in [1.82, 2.24) is 0 Å². The van der Waals surface area contributed by atoms with Crippen molar-refractivity contribution in [2.45, 2.75) is 39.2 Å². The predicted molar refractivity (Wildman–Crippen MR) is 86.7 cm³/mol. The van der Waals surface area contributed by atoms with Gasteiger partial charge in [0.15, 0.2) is 0 Å². The first-order valence-corrected chi connectivity index (χ1v) is 6.95. The average molecular weight is 312 g/mol. The van der Waals surface area contributed by atoms with Gasteiger partial charge in [-0.05, 0) is 42.5 Å². The van der Waals surface area contributed by atoms with Gasteiger partial charge in [0.25, 0.3) is 0 Å². The number of amides is 2. The van der Waals surface area contributed by atoms with Crippen LogP contribution in [0.15, 0.2) is 18.2 Å². The van der Waals surface area contributed by atoms with Crippen LogP contribution in [0.4, 0.5) is 11.4 Å². The van der Waals surface area contributed by atoms with Crippen LogP contribution in [0.2, 0.25) is 0 Å². The Labute approximate surface area is 131 Å². The predicted octanol–water partition coefficient (Wildman–Crippen LogP) is 2.31. The smallest absolute Gasteiger partial charge is 0.241 e. The van der Waals surface area contributed by atoms with Crippen LogP contribution in [-0.2, 0) is 16.0 Å². The summed E-state index contributed by atoms with van der Waals surface area (Å²) in [6.07, 6.45) is 1.84. The van der Waals surface area contributed by atoms with Gasteiger partial charge in [-0.3, -0.25) is 9.59 Å². The van der Waals surface area contributed by atoms with Crippen LogP contribution in [0.3, 0.4) is 0 Å². The Morgan fingerprint density at radius 2 is 2.10 bits per heavy atom. The number of carbonyl (C=O) groups excluding carboxylic acids is 2. The van der Waals surface area contributed by atoms with E-state index in [2.05, 4.69) is 10.6 Å². The standard InChI is InChI=1S/C15H21N3O2.ClH/c1-9(2)7-12(16)15(20)17-11-4-5-13-10(8-11)3-6-14(19)18-13;/h4-5,8-9,12H,3,6-7,16H2,1-2H3,(H,17,20)(H,18,19);1H/t12-;/m0./s1. The van der Waals surface area contributed by atoms with Gasteiger partial charge in [-0.25, -0.2) is 0 Å². The van der Waals surface area contributed by atoms with Crippen molar-refractivity contribution in [1.29, 1.82) is 0 Å². The van der Waals surface area contributed by atoms with Crippen LogP contribution in [0.5, 0.6) is 0 Å². The highest BCUT2D eigenvalue weighted by Gasteiger charge is 2.17. The molecule has 0 aromatic heterocycles. The van der Waals surface area contributed by atoms with Crippen LogP contribution in [0.25, 0.3) is 0 Å². The molecule has 4 N–H and O–H groups in total. The Bertz CT molecular complexity index is 532. The maximum absolute atomic E-state index is 12.0. The molecule has 6 heteroatoms. The second-order valence-electron chi connectivity index (χ2n) is 5.65. The largest absolute Gasteiger partial charge is 0.326 e. The van der Waals surface area contributed by atoms with E-state index in [0.717, 1.165) is 16.9 Å². The summed E-state index contributed by atoms with van der Waals surface area (Å²) in [4.78, 5) is 23.2. The molecule has 21 heavy (non-hydrogen) atoms. The molecule has 0 unspecified atom stereocenters. The summed E-state index contributed by atoms with van der Waals surface area (Å²) in [5.74, 6) is 0.251. The van der Waals surface area contributed by atoms with Crippen LogP contribution in [0.1, 0.15) is 32.3 Å². The number of benzene rings is 1. The molecule has 2 rings (SSSR count). The fraction of sp³-hybridized carbons (Fsp3) is 0.467. The molecule has 1 aromatic carbocycles. The van der Waals surface area contributed by atoms with Crippen molar-refractivity contribution in [3.05, 3.63) is 23.8 Å². The summed E-state index contributed by atoms with van der Waals surface area (Å²) in [6, 6.07) is 5.00. The molecule has 0 radical (unpaired) electrons. The summed E-state index contributed by atoms with van der Waals surface area (Å²) in [7, 11) is 0. The SMILES string of the molecule is CC(C)C[C@H](N)C(=O)Nc1ccc2c(c1)CCC(=O)N2.Cl. The molecular weight excluding hydrogens is 290 g/mol. The van der Waals surface area contributed by atoms with Gasteiger partial charge in [-0.15, -0.1) is 12.4 Å². The van der Waals surface area contributed by atoms with E-state index in [1.54, 1.807) is 6.07 Å². The lowest BCUT2D eigenvalue weighted by molar-refractivity contribution is -0.118. The number of fused-ring (bicyclic) bond motifs is 1. The fourth-order valence-corrected chi connectivity index (χ4v) is 2.31. The molecule has 0 spiro atoms. The fourth-order valence-electron chi connectivity index (χ4n) is 2.31. The van der Waals surface area contributed by atoms with Gasteiger partial charge in [-0.2, -0.15) is 0 Å². The summed E-state index contributed by atoms with van der Waals surface area (Å²) in [6.45, 7) is 4.07. The van der Waals surface area contributed by atoms with Crippen molar-refractivity contribution >= 4 is 35.6 Å². The van der Waals surface area contributed by atoms with E-state index in [0.29, 0.717) is 25.2 Å². The van der Waals surface area contributed by atoms with Gasteiger partial charge in [-0.1, -0.05) is 13.8 Å². The Balaban J connectivity index is 0.00000220. The summed E-state index contributed by atoms with van der Waals surface area (Å²) < 4.78 is 0. The Morgan fingerprint density at radius 3 is 2.76 bits per heavy atom. The Hall–Kier alpha value is -1.59. The van der Waals surface area contributed by atoms with Crippen molar-refractivity contribution in [3.8, 4) is 0 Å². The zero-order valence-corrected chi connectivity index (χ0v) is 13.1. The van der Waals surface area contributed by atoms with E-state index in [9.17, 15) is 9.59 Å². The minimum Gasteiger partial charge on any atom is -0.326 e. The monoisotopic (exact) mass is 311 g/mol. The number of nitrogens with two attached hydrogens (primary N) is 1. The molecule has 1 aliphatic heterocycles. The molecular formula is C15H22ClN3O2. The molecule has 0 bridgehead atoms. The lowest BCUT2D eigenvalue weighted by Gasteiger charge is -2.19. The summed E-state index contributed by atoms with van der Waals surface area (Å²) in [5.41, 5.74) is 8.45. The minimum atomic E-state index is -0.495. The molecule has 116 valence electrons. The van der Waals surface area contributed by atoms with E-state index in [-0.39, 0.29) is 24.2 Å². The first-order chi connectivity index (χ1) is 9.45. The highest BCUT2D eigenvalue weighted by atomic mass is 35.5. The van der Waals surface area contributed by atoms with E-state index < -0.39 is 6.04 Å². The average Bonchev–Trinajstić information content (AvgIpc) is 2.38. The number of halogens is 1. The third-order valence-electron chi connectivity index (χ3n) is 3.33. The molecule has 0 saturated carbocycles. The number of hydrogen-bond donors (Lipinski definition) is 3. The third kappa shape index (κ3) is 4.72. The number of anilines is 2. The van der Waals surface area contributed by atoms with Crippen molar-refractivity contribution < 1.29 is 9.59 Å². The topological polar surface area (TPSA) is 84.2 Å². The van der Waals surface area contributed by atoms with Gasteiger partial charge in [0.2, 0.25) is 11.8 Å². The van der Waals surface area contributed by atoms with Crippen LogP contribution >= 0.6 is 12.4 Å². The minimum absolute atomic E-state index is 0. The third-order valence-corrected chi connectivity index (χ3v) is 3.33. The molecule has 0 aliphatic carbocycles. The second-order valence-corrected chi connectivity index (χ2v) is 5.65. The molecule has 0 fully saturated rings. The van der Waals surface area contributed by atoms with Gasteiger partial charge >= 0.3 is 0 Å². The number of hydrogen-bond acceptors (Lipinski definition) is 3. The number of aryl methyl sites for hydroxylation is 1. The second kappa shape index (κ2) is 7.43. The lowest BCUT2D eigenvalue weighted by atomic mass is 10.0. The first kappa shape index (κ1) is 17.5. The molecule has 1 atom stereocenters. The quantitative estimate of drug-likeness (QED) is 0.797. The molecule has 0 saturated heterocycles. The molecule has 1 heterocycles. The van der Waals surface area contributed by atoms with Crippen LogP contribution in [0, 0.1) is 5.92 Å². The van der Waals surface area contributed by atoms with Gasteiger partial charge in [0.1, 0.15) is 0 Å². The van der Waals surface area contributed by atoms with Crippen LogP contribution in [-0.4, -0.2) is 17.9 Å². The van der Waals surface area contributed by atoms with Gasteiger partial charge in [0, 0.05) is 17.8 Å². The first-order valence-electron chi connectivity index (χ1n) is 6.95. The molecule has 1 aromatic rings. The van der Waals surface area contributed by atoms with E-state index >= 15 is 0 Å². The highest BCUT2D eigenvalue weighted by Crippen LogP contribution is 2.25. The summed E-state index contributed by atoms with van der Waals surface area (Å²) in [5, 5.41) is 5.64. The van der Waals surface area contributed by atoms with Crippen molar-refractivity contribution in [3.63, 3.8) is 0 Å². The highest BCUT2D eigenvalue weighted by molar-refractivity contribution is 5.97. The zero-order chi connectivity index (χ0) is 14.7. The van der Waals surface area contributed by atoms with E-state index in [1.165, 1.54) is 0 Å². The molecule has 1 aliphatic rings. The molecule has 5 nitrogen and oxygen atoms in total. The van der Waals surface area contributed by atoms with Gasteiger partial charge in [0.05, 0.1) is 6.04 Å². The number of carbonyl (C=O) groups is 2. The maximum Gasteiger partial charge on any atom is 0.241 e. The van der Waals surface area contributed by atoms with Crippen molar-refractivity contribution in [2.75, 3.05) is 10.6 Å². The Kier molecular flexibility index (Phi) is 6.18. The molecule has 2 amide bonds. The van der Waals surface area contributed by atoms with Crippen molar-refractivity contribution in [2.24, 2.45) is 11.7 Å². The lowest BCUT2D eigenvalue weighted by Crippen LogP contribution is -2.36.